The zero-order valence-electron chi connectivity index (χ0n) is 6.44. The molecule has 0 fully saturated rings. The van der Waals surface area contributed by atoms with Crippen molar-refractivity contribution in [1.29, 1.82) is 0 Å². The van der Waals surface area contributed by atoms with Gasteiger partial charge in [0.1, 0.15) is 0 Å². The summed E-state index contributed by atoms with van der Waals surface area (Å²) in [4.78, 5) is 10.6. The minimum absolute atomic E-state index is 0.0723. The van der Waals surface area contributed by atoms with Crippen LogP contribution in [0, 0.1) is 0 Å². The number of carbonyl (C=O) groups is 1. The summed E-state index contributed by atoms with van der Waals surface area (Å²) in [5, 5.41) is 26.5. The van der Waals surface area contributed by atoms with Crippen molar-refractivity contribution in [2.24, 2.45) is 0 Å². The first-order chi connectivity index (χ1) is 6.02. The maximum atomic E-state index is 10.6. The highest BCUT2D eigenvalue weighted by Gasteiger charge is 2.19. The fourth-order valence-electron chi connectivity index (χ4n) is 0.939. The second-order valence-electron chi connectivity index (χ2n) is 2.41. The summed E-state index contributed by atoms with van der Waals surface area (Å²) in [7, 11) is -1.80. The summed E-state index contributed by atoms with van der Waals surface area (Å²) in [5.41, 5.74) is -0.278. The number of aromatic carboxylic acids is 1. The van der Waals surface area contributed by atoms with Crippen LogP contribution >= 0.6 is 11.6 Å². The molecule has 4 nitrogen and oxygen atoms in total. The van der Waals surface area contributed by atoms with E-state index in [1.807, 2.05) is 0 Å². The smallest absolute Gasteiger partial charge is 0.478 e. The summed E-state index contributed by atoms with van der Waals surface area (Å²) in [6, 6.07) is 3.82. The van der Waals surface area contributed by atoms with E-state index in [-0.39, 0.29) is 16.0 Å². The van der Waals surface area contributed by atoms with Gasteiger partial charge in [-0.15, -0.1) is 0 Å². The van der Waals surface area contributed by atoms with Crippen molar-refractivity contribution >= 4 is 30.2 Å². The Kier molecular flexibility index (Phi) is 2.92. The van der Waals surface area contributed by atoms with Crippen LogP contribution in [0.4, 0.5) is 0 Å². The lowest BCUT2D eigenvalue weighted by Crippen LogP contribution is -2.34. The Balaban J connectivity index is 3.27. The van der Waals surface area contributed by atoms with Crippen LogP contribution in [-0.2, 0) is 0 Å². The number of hydrogen-bond donors (Lipinski definition) is 3. The van der Waals surface area contributed by atoms with E-state index >= 15 is 0 Å². The molecule has 0 saturated carbocycles. The van der Waals surface area contributed by atoms with E-state index < -0.39 is 13.1 Å². The number of benzene rings is 1. The highest BCUT2D eigenvalue weighted by atomic mass is 35.5. The predicted molar refractivity (Wildman–Crippen MR) is 48.2 cm³/mol. The highest BCUT2D eigenvalue weighted by molar-refractivity contribution is 6.60. The summed E-state index contributed by atoms with van der Waals surface area (Å²) in [6.07, 6.45) is 0. The van der Waals surface area contributed by atoms with Crippen LogP contribution in [0.1, 0.15) is 10.4 Å². The third-order valence-electron chi connectivity index (χ3n) is 1.52. The first-order valence-electron chi connectivity index (χ1n) is 3.41. The van der Waals surface area contributed by atoms with E-state index in [0.29, 0.717) is 0 Å². The van der Waals surface area contributed by atoms with E-state index in [9.17, 15) is 4.79 Å². The van der Waals surface area contributed by atoms with E-state index in [4.69, 9.17) is 26.8 Å². The zero-order chi connectivity index (χ0) is 10.0. The predicted octanol–water partition coefficient (Wildman–Crippen LogP) is -0.282. The van der Waals surface area contributed by atoms with Crippen molar-refractivity contribution in [3.63, 3.8) is 0 Å². The Morgan fingerprint density at radius 2 is 2.00 bits per heavy atom. The van der Waals surface area contributed by atoms with Crippen LogP contribution in [0.2, 0.25) is 5.02 Å². The van der Waals surface area contributed by atoms with Crippen molar-refractivity contribution in [1.82, 2.24) is 0 Å². The number of carboxylic acids is 1. The number of rotatable bonds is 2. The lowest BCUT2D eigenvalue weighted by atomic mass is 9.77. The largest absolute Gasteiger partial charge is 0.489 e. The molecule has 0 aliphatic rings. The summed E-state index contributed by atoms with van der Waals surface area (Å²) in [5.74, 6) is -1.24. The molecule has 0 radical (unpaired) electrons. The molecule has 1 aromatic carbocycles. The molecule has 13 heavy (non-hydrogen) atoms. The molecule has 1 aromatic rings. The van der Waals surface area contributed by atoms with Gasteiger partial charge in [-0.1, -0.05) is 17.7 Å². The molecule has 1 rings (SSSR count). The lowest BCUT2D eigenvalue weighted by Gasteiger charge is -2.04. The SMILES string of the molecule is O=C(O)c1cc(Cl)ccc1B(O)O. The number of carboxylic acid groups (broad SMARTS) is 1. The third kappa shape index (κ3) is 2.21. The molecule has 0 heterocycles. The molecule has 6 heteroatoms. The van der Waals surface area contributed by atoms with E-state index in [0.717, 1.165) is 0 Å². The average Bonchev–Trinajstić information content (AvgIpc) is 2.03. The van der Waals surface area contributed by atoms with Crippen LogP contribution in [-0.4, -0.2) is 28.2 Å². The first-order valence-corrected chi connectivity index (χ1v) is 3.79. The Hall–Kier alpha value is -1.04. The maximum Gasteiger partial charge on any atom is 0.489 e. The van der Waals surface area contributed by atoms with Crippen LogP contribution in [0.3, 0.4) is 0 Å². The molecule has 0 bridgehead atoms. The average molecular weight is 200 g/mol. The van der Waals surface area contributed by atoms with Crippen molar-refractivity contribution < 1.29 is 19.9 Å². The molecular weight excluding hydrogens is 194 g/mol. The van der Waals surface area contributed by atoms with E-state index in [2.05, 4.69) is 0 Å². The molecule has 3 N–H and O–H groups in total. The molecule has 68 valence electrons. The molecule has 0 aromatic heterocycles. The van der Waals surface area contributed by atoms with Crippen LogP contribution in [0.15, 0.2) is 18.2 Å². The van der Waals surface area contributed by atoms with Gasteiger partial charge in [0.2, 0.25) is 0 Å². The van der Waals surface area contributed by atoms with Crippen LogP contribution in [0.25, 0.3) is 0 Å². The van der Waals surface area contributed by atoms with Crippen molar-refractivity contribution in [2.75, 3.05) is 0 Å². The normalized spacial score (nSPS) is 9.77. The molecule has 0 aliphatic heterocycles. The van der Waals surface area contributed by atoms with Crippen molar-refractivity contribution in [2.45, 2.75) is 0 Å². The van der Waals surface area contributed by atoms with Gasteiger partial charge in [-0.2, -0.15) is 0 Å². The molecular formula is C7H6BClO4. The minimum Gasteiger partial charge on any atom is -0.478 e. The van der Waals surface area contributed by atoms with Gasteiger partial charge in [-0.3, -0.25) is 0 Å². The summed E-state index contributed by atoms with van der Waals surface area (Å²) in [6.45, 7) is 0. The van der Waals surface area contributed by atoms with E-state index in [1.54, 1.807) is 0 Å². The molecule has 0 amide bonds. The van der Waals surface area contributed by atoms with Gasteiger partial charge in [0.05, 0.1) is 5.56 Å². The molecule has 0 saturated heterocycles. The van der Waals surface area contributed by atoms with Crippen molar-refractivity contribution in [3.05, 3.63) is 28.8 Å². The Labute approximate surface area is 79.5 Å². The molecule has 0 aliphatic carbocycles. The van der Waals surface area contributed by atoms with Gasteiger partial charge in [0, 0.05) is 5.02 Å². The lowest BCUT2D eigenvalue weighted by molar-refractivity contribution is 0.0698. The van der Waals surface area contributed by atoms with Crippen molar-refractivity contribution in [3.8, 4) is 0 Å². The molecule has 0 unspecified atom stereocenters. The minimum atomic E-state index is -1.80. The fraction of sp³-hybridized carbons (Fsp3) is 0. The topological polar surface area (TPSA) is 77.8 Å². The Morgan fingerprint density at radius 3 is 2.46 bits per heavy atom. The Bertz CT molecular complexity index is 339. The maximum absolute atomic E-state index is 10.6. The zero-order valence-corrected chi connectivity index (χ0v) is 7.19. The Morgan fingerprint density at radius 1 is 1.38 bits per heavy atom. The quantitative estimate of drug-likeness (QED) is 0.574. The summed E-state index contributed by atoms with van der Waals surface area (Å²) >= 11 is 5.54. The van der Waals surface area contributed by atoms with E-state index in [1.165, 1.54) is 18.2 Å². The van der Waals surface area contributed by atoms with Crippen LogP contribution < -0.4 is 5.46 Å². The monoisotopic (exact) mass is 200 g/mol. The second kappa shape index (κ2) is 3.78. The van der Waals surface area contributed by atoms with Gasteiger partial charge in [-0.25, -0.2) is 4.79 Å². The fourth-order valence-corrected chi connectivity index (χ4v) is 1.11. The first kappa shape index (κ1) is 10.0. The summed E-state index contributed by atoms with van der Waals surface area (Å²) < 4.78 is 0. The van der Waals surface area contributed by atoms with Gasteiger partial charge in [-0.05, 0) is 17.6 Å². The third-order valence-corrected chi connectivity index (χ3v) is 1.76. The second-order valence-corrected chi connectivity index (χ2v) is 2.85. The van der Waals surface area contributed by atoms with Gasteiger partial charge in [0.15, 0.2) is 0 Å². The van der Waals surface area contributed by atoms with Gasteiger partial charge >= 0.3 is 13.1 Å². The van der Waals surface area contributed by atoms with Gasteiger partial charge in [0.25, 0.3) is 0 Å². The molecule has 0 spiro atoms. The standard InChI is InChI=1S/C7H6BClO4/c9-4-1-2-6(8(12)13)5(3-4)7(10)11/h1-3,12-13H,(H,10,11). The number of halogens is 1. The van der Waals surface area contributed by atoms with Gasteiger partial charge < -0.3 is 15.2 Å². The molecule has 0 atom stereocenters. The number of hydrogen-bond acceptors (Lipinski definition) is 3. The van der Waals surface area contributed by atoms with Crippen LogP contribution in [0.5, 0.6) is 0 Å². The highest BCUT2D eigenvalue weighted by Crippen LogP contribution is 2.09.